The summed E-state index contributed by atoms with van der Waals surface area (Å²) < 4.78 is 0. The van der Waals surface area contributed by atoms with Crippen molar-refractivity contribution >= 4 is 29.4 Å². The summed E-state index contributed by atoms with van der Waals surface area (Å²) in [5, 5.41) is 3.33. The molecule has 1 aliphatic heterocycles. The van der Waals surface area contributed by atoms with Gasteiger partial charge in [-0.2, -0.15) is 0 Å². The summed E-state index contributed by atoms with van der Waals surface area (Å²) in [5.74, 6) is -0.324. The molecule has 2 aromatic rings. The van der Waals surface area contributed by atoms with Gasteiger partial charge in [0.05, 0.1) is 6.42 Å². The van der Waals surface area contributed by atoms with E-state index in [2.05, 4.69) is 5.32 Å². The molecule has 0 unspecified atom stereocenters. The second-order valence-electron chi connectivity index (χ2n) is 8.51. The lowest BCUT2D eigenvalue weighted by atomic mass is 9.93. The second-order valence-corrected chi connectivity index (χ2v) is 8.51. The van der Waals surface area contributed by atoms with Crippen LogP contribution in [-0.4, -0.2) is 34.1 Å². The number of hydrogen-bond acceptors (Lipinski definition) is 4. The monoisotopic (exact) mass is 416 g/mol. The van der Waals surface area contributed by atoms with Crippen molar-refractivity contribution in [2.45, 2.75) is 57.0 Å². The predicted octanol–water partition coefficient (Wildman–Crippen LogP) is 4.84. The molecule has 2 aliphatic rings. The zero-order valence-corrected chi connectivity index (χ0v) is 17.8. The van der Waals surface area contributed by atoms with E-state index in [0.29, 0.717) is 11.3 Å². The Labute approximate surface area is 183 Å². The number of nitrogens with zero attached hydrogens (tertiary/aromatic N) is 1. The molecule has 0 bridgehead atoms. The number of hydrogen-bond donors (Lipinski definition) is 1. The Morgan fingerprint density at radius 3 is 2.32 bits per heavy atom. The standard InChI is InChI=1S/C26H28N2O3/c1-19(29)21-12-14-22(15-13-21)27-26(17-16-20-8-4-2-5-9-20)18-24(30)28(25(26)31)23-10-6-3-7-11-23/h2,4-5,8-9,12-17,23,27H,3,6-7,10-11,18H2,1H3/b17-16+/t26-/m0/s1. The molecule has 1 saturated carbocycles. The van der Waals surface area contributed by atoms with Crippen LogP contribution in [0.1, 0.15) is 61.4 Å². The number of benzene rings is 2. The van der Waals surface area contributed by atoms with E-state index < -0.39 is 5.54 Å². The number of amides is 2. The van der Waals surface area contributed by atoms with E-state index in [1.54, 1.807) is 24.3 Å². The molecule has 2 amide bonds. The van der Waals surface area contributed by atoms with E-state index in [1.807, 2.05) is 42.5 Å². The van der Waals surface area contributed by atoms with Gasteiger partial charge in [0.15, 0.2) is 5.78 Å². The smallest absolute Gasteiger partial charge is 0.259 e. The molecule has 160 valence electrons. The summed E-state index contributed by atoms with van der Waals surface area (Å²) in [6.45, 7) is 1.52. The van der Waals surface area contributed by atoms with Crippen LogP contribution in [0.4, 0.5) is 5.69 Å². The number of likely N-dealkylation sites (tertiary alicyclic amines) is 1. The Kier molecular flexibility index (Phi) is 6.03. The fraction of sp³-hybridized carbons (Fsp3) is 0.346. The summed E-state index contributed by atoms with van der Waals surface area (Å²) in [4.78, 5) is 39.8. The number of carbonyl (C=O) groups is 3. The number of anilines is 1. The Balaban J connectivity index is 1.67. The summed E-state index contributed by atoms with van der Waals surface area (Å²) in [6.07, 6.45) is 8.82. The van der Waals surface area contributed by atoms with Crippen molar-refractivity contribution in [3.8, 4) is 0 Å². The molecule has 1 N–H and O–H groups in total. The van der Waals surface area contributed by atoms with E-state index in [1.165, 1.54) is 11.8 Å². The molecule has 4 rings (SSSR count). The third-order valence-electron chi connectivity index (χ3n) is 6.26. The number of carbonyl (C=O) groups excluding carboxylic acids is 3. The Bertz CT molecular complexity index is 991. The highest BCUT2D eigenvalue weighted by Gasteiger charge is 2.52. The van der Waals surface area contributed by atoms with Gasteiger partial charge in [-0.3, -0.25) is 19.3 Å². The van der Waals surface area contributed by atoms with Crippen molar-refractivity contribution in [1.82, 2.24) is 4.90 Å². The fourth-order valence-corrected chi connectivity index (χ4v) is 4.55. The molecule has 31 heavy (non-hydrogen) atoms. The summed E-state index contributed by atoms with van der Waals surface area (Å²) in [6, 6.07) is 16.8. The minimum atomic E-state index is -1.14. The molecule has 2 fully saturated rings. The van der Waals surface area contributed by atoms with E-state index >= 15 is 0 Å². The van der Waals surface area contributed by atoms with Gasteiger partial charge in [0, 0.05) is 17.3 Å². The zero-order chi connectivity index (χ0) is 21.8. The van der Waals surface area contributed by atoms with Crippen LogP contribution < -0.4 is 5.32 Å². The highest BCUT2D eigenvalue weighted by Crippen LogP contribution is 2.35. The minimum absolute atomic E-state index is 0.0114. The molecular formula is C26H28N2O3. The highest BCUT2D eigenvalue weighted by molar-refractivity contribution is 6.12. The van der Waals surface area contributed by atoms with Gasteiger partial charge in [0.1, 0.15) is 5.54 Å². The maximum atomic E-state index is 13.7. The Morgan fingerprint density at radius 2 is 1.68 bits per heavy atom. The largest absolute Gasteiger partial charge is 0.368 e. The molecule has 1 atom stereocenters. The van der Waals surface area contributed by atoms with Gasteiger partial charge in [-0.15, -0.1) is 0 Å². The van der Waals surface area contributed by atoms with Crippen molar-refractivity contribution in [3.63, 3.8) is 0 Å². The molecule has 5 nitrogen and oxygen atoms in total. The van der Waals surface area contributed by atoms with E-state index in [0.717, 1.165) is 37.7 Å². The van der Waals surface area contributed by atoms with Crippen molar-refractivity contribution in [3.05, 3.63) is 71.8 Å². The third-order valence-corrected chi connectivity index (χ3v) is 6.26. The second kappa shape index (κ2) is 8.88. The van der Waals surface area contributed by atoms with E-state index in [9.17, 15) is 14.4 Å². The topological polar surface area (TPSA) is 66.5 Å². The molecular weight excluding hydrogens is 388 g/mol. The lowest BCUT2D eigenvalue weighted by Crippen LogP contribution is -2.48. The summed E-state index contributed by atoms with van der Waals surface area (Å²) >= 11 is 0. The van der Waals surface area contributed by atoms with Crippen LogP contribution in [0.25, 0.3) is 6.08 Å². The van der Waals surface area contributed by atoms with Gasteiger partial charge < -0.3 is 5.32 Å². The van der Waals surface area contributed by atoms with Crippen molar-refractivity contribution in [2.75, 3.05) is 5.32 Å². The zero-order valence-electron chi connectivity index (χ0n) is 17.8. The highest BCUT2D eigenvalue weighted by atomic mass is 16.2. The Hall–Kier alpha value is -3.21. The van der Waals surface area contributed by atoms with Gasteiger partial charge in [0.25, 0.3) is 5.91 Å². The first-order valence-electron chi connectivity index (χ1n) is 11.0. The molecule has 1 heterocycles. The fourth-order valence-electron chi connectivity index (χ4n) is 4.55. The average Bonchev–Trinajstić information content (AvgIpc) is 3.03. The van der Waals surface area contributed by atoms with Crippen LogP contribution >= 0.6 is 0 Å². The van der Waals surface area contributed by atoms with Crippen LogP contribution in [0, 0.1) is 0 Å². The SMILES string of the molecule is CC(=O)c1ccc(N[C@@]2(/C=C/c3ccccc3)CC(=O)N(C3CCCCC3)C2=O)cc1. The van der Waals surface area contributed by atoms with Crippen LogP contribution in [-0.2, 0) is 9.59 Å². The third kappa shape index (κ3) is 4.46. The number of ketones is 1. The molecule has 1 aliphatic carbocycles. The quantitative estimate of drug-likeness (QED) is 0.540. The number of nitrogens with one attached hydrogen (secondary N) is 1. The lowest BCUT2D eigenvalue weighted by molar-refractivity contribution is -0.142. The Morgan fingerprint density at radius 1 is 1.00 bits per heavy atom. The minimum Gasteiger partial charge on any atom is -0.368 e. The van der Waals surface area contributed by atoms with E-state index in [-0.39, 0.29) is 30.1 Å². The number of imide groups is 1. The summed E-state index contributed by atoms with van der Waals surface area (Å²) in [7, 11) is 0. The van der Waals surface area contributed by atoms with Crippen molar-refractivity contribution in [2.24, 2.45) is 0 Å². The molecule has 0 radical (unpaired) electrons. The van der Waals surface area contributed by atoms with Crippen LogP contribution in [0.3, 0.4) is 0 Å². The van der Waals surface area contributed by atoms with Gasteiger partial charge in [-0.1, -0.05) is 55.7 Å². The molecule has 2 aromatic carbocycles. The van der Waals surface area contributed by atoms with Crippen molar-refractivity contribution in [1.29, 1.82) is 0 Å². The maximum absolute atomic E-state index is 13.7. The predicted molar refractivity (Wildman–Crippen MR) is 122 cm³/mol. The van der Waals surface area contributed by atoms with Gasteiger partial charge in [-0.05, 0) is 55.7 Å². The van der Waals surface area contributed by atoms with Gasteiger partial charge >= 0.3 is 0 Å². The molecule has 0 aromatic heterocycles. The van der Waals surface area contributed by atoms with Gasteiger partial charge in [-0.25, -0.2) is 0 Å². The average molecular weight is 417 g/mol. The van der Waals surface area contributed by atoms with Crippen LogP contribution in [0.2, 0.25) is 0 Å². The first kappa shape index (κ1) is 21.0. The number of Topliss-reactive ketones (excluding diaryl/α,β-unsaturated/α-hetero) is 1. The summed E-state index contributed by atoms with van der Waals surface area (Å²) in [5.41, 5.74) is 1.14. The van der Waals surface area contributed by atoms with Gasteiger partial charge in [0.2, 0.25) is 5.91 Å². The molecule has 0 spiro atoms. The van der Waals surface area contributed by atoms with Crippen LogP contribution in [0.5, 0.6) is 0 Å². The lowest BCUT2D eigenvalue weighted by Gasteiger charge is -2.32. The molecule has 5 heteroatoms. The molecule has 1 saturated heterocycles. The number of rotatable bonds is 6. The van der Waals surface area contributed by atoms with Crippen LogP contribution in [0.15, 0.2) is 60.7 Å². The first-order chi connectivity index (χ1) is 15.0. The normalized spacial score (nSPS) is 22.3. The van der Waals surface area contributed by atoms with Crippen molar-refractivity contribution < 1.29 is 14.4 Å². The first-order valence-corrected chi connectivity index (χ1v) is 11.0. The van der Waals surface area contributed by atoms with E-state index in [4.69, 9.17) is 0 Å². The maximum Gasteiger partial charge on any atom is 0.259 e.